The summed E-state index contributed by atoms with van der Waals surface area (Å²) in [5.74, 6) is -0.824. The number of ether oxygens (including phenoxy) is 1. The number of nitro groups is 1. The highest BCUT2D eigenvalue weighted by atomic mass is 16.6. The first-order valence-electron chi connectivity index (χ1n) is 10.5. The van der Waals surface area contributed by atoms with Crippen molar-refractivity contribution in [2.75, 3.05) is 30.4 Å². The normalized spacial score (nSPS) is 10.5. The number of benzene rings is 1. The van der Waals surface area contributed by atoms with Gasteiger partial charge in [-0.3, -0.25) is 14.9 Å². The minimum absolute atomic E-state index is 0.0981. The Bertz CT molecular complexity index is 1290. The molecule has 35 heavy (non-hydrogen) atoms. The second kappa shape index (κ2) is 11.0. The quantitative estimate of drug-likeness (QED) is 0.223. The van der Waals surface area contributed by atoms with Crippen molar-refractivity contribution < 1.29 is 28.8 Å². The molecule has 0 spiro atoms. The Kier molecular flexibility index (Phi) is 7.85. The lowest BCUT2D eigenvalue weighted by Crippen LogP contribution is -2.23. The molecule has 12 nitrogen and oxygen atoms in total. The van der Waals surface area contributed by atoms with Crippen LogP contribution in [0.1, 0.15) is 32.9 Å². The summed E-state index contributed by atoms with van der Waals surface area (Å²) in [6.45, 7) is 3.00. The van der Waals surface area contributed by atoms with Crippen LogP contribution in [-0.2, 0) is 16.1 Å². The molecule has 2 aromatic heterocycles. The van der Waals surface area contributed by atoms with Crippen molar-refractivity contribution >= 4 is 29.1 Å². The first kappa shape index (κ1) is 25.0. The monoisotopic (exact) mass is 481 g/mol. The molecule has 0 aliphatic carbocycles. The summed E-state index contributed by atoms with van der Waals surface area (Å²) in [4.78, 5) is 35.7. The van der Waals surface area contributed by atoms with Gasteiger partial charge in [0.25, 0.3) is 11.6 Å². The zero-order valence-corrected chi connectivity index (χ0v) is 19.0. The number of aliphatic hydroxyl groups is 1. The van der Waals surface area contributed by atoms with Gasteiger partial charge in [0.2, 0.25) is 0 Å². The Morgan fingerprint density at radius 3 is 2.71 bits per heavy atom. The maximum Gasteiger partial charge on any atom is 0.341 e. The van der Waals surface area contributed by atoms with E-state index in [-0.39, 0.29) is 48.0 Å². The van der Waals surface area contributed by atoms with Crippen LogP contribution < -0.4 is 10.6 Å². The number of nitrogens with zero attached hydrogens (tertiary/aromatic N) is 3. The minimum Gasteiger partial charge on any atom is -0.467 e. The van der Waals surface area contributed by atoms with Gasteiger partial charge >= 0.3 is 5.97 Å². The zero-order valence-electron chi connectivity index (χ0n) is 19.0. The fraction of sp³-hybridized carbons (Fsp3) is 0.261. The molecule has 3 aromatic rings. The maximum atomic E-state index is 12.6. The molecule has 0 saturated heterocycles. The van der Waals surface area contributed by atoms with Gasteiger partial charge in [-0.25, -0.2) is 4.79 Å². The van der Waals surface area contributed by atoms with Gasteiger partial charge < -0.3 is 29.5 Å². The van der Waals surface area contributed by atoms with Crippen molar-refractivity contribution in [3.05, 3.63) is 74.9 Å². The second-order valence-corrected chi connectivity index (χ2v) is 7.47. The van der Waals surface area contributed by atoms with Crippen molar-refractivity contribution in [2.45, 2.75) is 20.4 Å². The molecule has 3 rings (SSSR count). The van der Waals surface area contributed by atoms with Crippen molar-refractivity contribution in [1.82, 2.24) is 4.57 Å². The topological polar surface area (TPSA) is 173 Å². The molecule has 0 aliphatic rings. The molecule has 0 unspecified atom stereocenters. The summed E-state index contributed by atoms with van der Waals surface area (Å²) in [5, 5.41) is 35.1. The Morgan fingerprint density at radius 2 is 2.09 bits per heavy atom. The van der Waals surface area contributed by atoms with Crippen molar-refractivity contribution in [3.8, 4) is 6.07 Å². The predicted molar refractivity (Wildman–Crippen MR) is 124 cm³/mol. The number of non-ortho nitro benzene ring substituents is 1. The van der Waals surface area contributed by atoms with E-state index >= 15 is 0 Å². The number of anilines is 2. The number of esters is 1. The molecule has 0 bridgehead atoms. The largest absolute Gasteiger partial charge is 0.467 e. The highest BCUT2D eigenvalue weighted by molar-refractivity contribution is 5.99. The number of hydrogen-bond donors (Lipinski definition) is 3. The van der Waals surface area contributed by atoms with Gasteiger partial charge in [-0.05, 0) is 37.6 Å². The highest BCUT2D eigenvalue weighted by Gasteiger charge is 2.22. The molecule has 0 radical (unpaired) electrons. The van der Waals surface area contributed by atoms with E-state index < -0.39 is 23.4 Å². The zero-order chi connectivity index (χ0) is 25.5. The van der Waals surface area contributed by atoms with E-state index in [1.54, 1.807) is 30.5 Å². The van der Waals surface area contributed by atoms with Gasteiger partial charge in [0, 0.05) is 30.1 Å². The molecule has 1 amide bonds. The number of rotatable bonds is 10. The number of nitro benzene ring substituents is 1. The lowest BCUT2D eigenvalue weighted by molar-refractivity contribution is -0.384. The maximum absolute atomic E-state index is 12.6. The Hall–Kier alpha value is -4.63. The van der Waals surface area contributed by atoms with E-state index in [9.17, 15) is 25.0 Å². The number of furan rings is 1. The van der Waals surface area contributed by atoms with E-state index in [2.05, 4.69) is 16.7 Å². The first-order valence-corrected chi connectivity index (χ1v) is 10.5. The summed E-state index contributed by atoms with van der Waals surface area (Å²) in [6.07, 6.45) is 1.52. The average molecular weight is 481 g/mol. The number of amides is 1. The third-order valence-corrected chi connectivity index (χ3v) is 5.29. The van der Waals surface area contributed by atoms with Crippen LogP contribution >= 0.6 is 0 Å². The molecular weight excluding hydrogens is 458 g/mol. The average Bonchev–Trinajstić information content (AvgIpc) is 3.43. The van der Waals surface area contributed by atoms with Crippen molar-refractivity contribution in [1.29, 1.82) is 5.26 Å². The van der Waals surface area contributed by atoms with Crippen molar-refractivity contribution in [3.63, 3.8) is 0 Å². The third-order valence-electron chi connectivity index (χ3n) is 5.29. The Labute approximate surface area is 199 Å². The van der Waals surface area contributed by atoms with Crippen LogP contribution in [0.4, 0.5) is 17.2 Å². The number of carbonyl (C=O) groups is 2. The van der Waals surface area contributed by atoms with E-state index in [4.69, 9.17) is 14.3 Å². The predicted octanol–water partition coefficient (Wildman–Crippen LogP) is 2.73. The molecule has 2 heterocycles. The van der Waals surface area contributed by atoms with Gasteiger partial charge in [0.05, 0.1) is 35.5 Å². The molecule has 0 saturated carbocycles. The molecule has 182 valence electrons. The number of aromatic nitrogens is 1. The molecule has 0 aliphatic heterocycles. The van der Waals surface area contributed by atoms with Crippen molar-refractivity contribution in [2.24, 2.45) is 0 Å². The molecule has 0 fully saturated rings. The van der Waals surface area contributed by atoms with Crippen LogP contribution in [0.3, 0.4) is 0 Å². The van der Waals surface area contributed by atoms with Crippen LogP contribution in [0.15, 0.2) is 41.0 Å². The second-order valence-electron chi connectivity index (χ2n) is 7.47. The molecule has 1 aromatic carbocycles. The van der Waals surface area contributed by atoms with Gasteiger partial charge in [0.15, 0.2) is 6.61 Å². The molecular formula is C23H23N5O7. The molecule has 3 N–H and O–H groups in total. The fourth-order valence-corrected chi connectivity index (χ4v) is 3.42. The SMILES string of the molecule is Cc1c(C#N)c(NC(=O)COC(=O)c2cc([N+](=O)[O-])ccc2NCCO)n(Cc2ccco2)c1C. The smallest absolute Gasteiger partial charge is 0.341 e. The van der Waals surface area contributed by atoms with Gasteiger partial charge in [-0.15, -0.1) is 0 Å². The summed E-state index contributed by atoms with van der Waals surface area (Å²) in [7, 11) is 0. The van der Waals surface area contributed by atoms with Gasteiger partial charge in [-0.1, -0.05) is 0 Å². The standard InChI is InChI=1S/C23H23N5O7/c1-14-15(2)27(12-17-4-3-9-34-17)22(19(14)11-24)26-21(30)13-35-23(31)18-10-16(28(32)33)5-6-20(18)25-7-8-29/h3-6,9-10,25,29H,7-8,12-13H2,1-2H3,(H,26,30). The number of hydrogen-bond acceptors (Lipinski definition) is 9. The Balaban J connectivity index is 1.77. The number of aliphatic hydroxyl groups excluding tert-OH is 1. The number of carbonyl (C=O) groups excluding carboxylic acids is 2. The summed E-state index contributed by atoms with van der Waals surface area (Å²) in [5.41, 5.74) is 1.41. The summed E-state index contributed by atoms with van der Waals surface area (Å²) >= 11 is 0. The van der Waals surface area contributed by atoms with E-state index in [1.165, 1.54) is 18.4 Å². The third kappa shape index (κ3) is 5.66. The van der Waals surface area contributed by atoms with Crippen LogP contribution in [0.25, 0.3) is 0 Å². The minimum atomic E-state index is -0.969. The van der Waals surface area contributed by atoms with Crippen LogP contribution in [-0.4, -0.2) is 46.2 Å². The Morgan fingerprint density at radius 1 is 1.31 bits per heavy atom. The highest BCUT2D eigenvalue weighted by Crippen LogP contribution is 2.28. The van der Waals surface area contributed by atoms with Gasteiger partial charge in [0.1, 0.15) is 17.6 Å². The summed E-state index contributed by atoms with van der Waals surface area (Å²) < 4.78 is 12.2. The summed E-state index contributed by atoms with van der Waals surface area (Å²) in [6, 6.07) is 9.10. The van der Waals surface area contributed by atoms with E-state index in [0.29, 0.717) is 11.3 Å². The number of nitrogens with one attached hydrogen (secondary N) is 2. The lowest BCUT2D eigenvalue weighted by Gasteiger charge is -2.13. The van der Waals surface area contributed by atoms with E-state index in [0.717, 1.165) is 11.8 Å². The van der Waals surface area contributed by atoms with E-state index in [1.807, 2.05) is 0 Å². The molecule has 0 atom stereocenters. The van der Waals surface area contributed by atoms with Crippen LogP contribution in [0, 0.1) is 35.3 Å². The first-order chi connectivity index (χ1) is 16.8. The van der Waals surface area contributed by atoms with Gasteiger partial charge in [-0.2, -0.15) is 5.26 Å². The van der Waals surface area contributed by atoms with Crippen LogP contribution in [0.5, 0.6) is 0 Å². The number of nitriles is 1. The fourth-order valence-electron chi connectivity index (χ4n) is 3.42. The van der Waals surface area contributed by atoms with Crippen LogP contribution in [0.2, 0.25) is 0 Å². The lowest BCUT2D eigenvalue weighted by atomic mass is 10.1. The molecule has 12 heteroatoms.